The van der Waals surface area contributed by atoms with Crippen molar-refractivity contribution in [2.75, 3.05) is 5.33 Å². The maximum atomic E-state index is 5.96. The maximum absolute atomic E-state index is 5.96. The molecule has 0 aliphatic heterocycles. The van der Waals surface area contributed by atoms with Gasteiger partial charge in [-0.15, -0.1) is 0 Å². The predicted molar refractivity (Wildman–Crippen MR) is 61.6 cm³/mol. The Kier molecular flexibility index (Phi) is 5.70. The first-order valence-electron chi connectivity index (χ1n) is 4.59. The second-order valence-electron chi connectivity index (χ2n) is 4.52. The van der Waals surface area contributed by atoms with Crippen molar-refractivity contribution in [2.45, 2.75) is 46.4 Å². The van der Waals surface area contributed by atoms with Gasteiger partial charge < -0.3 is 4.43 Å². The highest BCUT2D eigenvalue weighted by atomic mass is 79.9. The molecule has 1 atom stereocenters. The summed E-state index contributed by atoms with van der Waals surface area (Å²) in [5.74, 6) is 0. The lowest BCUT2D eigenvalue weighted by Gasteiger charge is -2.32. The van der Waals surface area contributed by atoms with Crippen LogP contribution in [-0.4, -0.2) is 20.5 Å². The molecule has 0 radical (unpaired) electrons. The fraction of sp³-hybridized carbons (Fsp3) is 1.00. The highest BCUT2D eigenvalue weighted by Crippen LogP contribution is 2.25. The molecule has 0 saturated heterocycles. The summed E-state index contributed by atoms with van der Waals surface area (Å²) < 4.78 is 5.96. The Hall–Kier alpha value is 0.657. The smallest absolute Gasteiger partial charge is 0.171 e. The first kappa shape index (κ1) is 12.7. The molecule has 1 nitrogen and oxygen atoms in total. The maximum Gasteiger partial charge on any atom is 0.171 e. The highest BCUT2D eigenvalue weighted by Gasteiger charge is 2.25. The SMILES string of the molecule is C[SiH](C)OC(CCBr)C(C)(C)C. The summed E-state index contributed by atoms with van der Waals surface area (Å²) in [6, 6.07) is 0. The second kappa shape index (κ2) is 5.40. The third kappa shape index (κ3) is 5.33. The van der Waals surface area contributed by atoms with E-state index in [1.165, 1.54) is 0 Å². The monoisotopic (exact) mass is 252 g/mol. The van der Waals surface area contributed by atoms with E-state index in [4.69, 9.17) is 4.43 Å². The number of halogens is 1. The van der Waals surface area contributed by atoms with Crippen LogP contribution in [0.2, 0.25) is 13.1 Å². The van der Waals surface area contributed by atoms with Crippen LogP contribution in [0.3, 0.4) is 0 Å². The second-order valence-corrected chi connectivity index (χ2v) is 7.68. The molecule has 0 saturated carbocycles. The van der Waals surface area contributed by atoms with E-state index in [-0.39, 0.29) is 5.41 Å². The quantitative estimate of drug-likeness (QED) is 0.552. The Morgan fingerprint density at radius 3 is 2.08 bits per heavy atom. The number of hydrogen-bond acceptors (Lipinski definition) is 1. The van der Waals surface area contributed by atoms with E-state index < -0.39 is 9.04 Å². The molecule has 0 rings (SSSR count). The summed E-state index contributed by atoms with van der Waals surface area (Å²) in [6.07, 6.45) is 1.54. The van der Waals surface area contributed by atoms with Gasteiger partial charge in [-0.3, -0.25) is 0 Å². The molecule has 0 spiro atoms. The van der Waals surface area contributed by atoms with Crippen LogP contribution in [0.4, 0.5) is 0 Å². The fourth-order valence-corrected chi connectivity index (χ4v) is 2.75. The average Bonchev–Trinajstić information content (AvgIpc) is 1.83. The Morgan fingerprint density at radius 1 is 1.33 bits per heavy atom. The number of hydrogen-bond donors (Lipinski definition) is 0. The molecule has 0 amide bonds. The molecular weight excluding hydrogens is 232 g/mol. The van der Waals surface area contributed by atoms with Gasteiger partial charge in [-0.1, -0.05) is 36.7 Å². The van der Waals surface area contributed by atoms with Crippen molar-refractivity contribution in [2.24, 2.45) is 5.41 Å². The Balaban J connectivity index is 4.04. The van der Waals surface area contributed by atoms with Crippen LogP contribution >= 0.6 is 15.9 Å². The molecule has 0 bridgehead atoms. The largest absolute Gasteiger partial charge is 0.417 e. The molecule has 12 heavy (non-hydrogen) atoms. The first-order valence-corrected chi connectivity index (χ1v) is 8.49. The van der Waals surface area contributed by atoms with Crippen molar-refractivity contribution in [3.8, 4) is 0 Å². The van der Waals surface area contributed by atoms with E-state index in [0.717, 1.165) is 11.8 Å². The van der Waals surface area contributed by atoms with E-state index in [1.807, 2.05) is 0 Å². The van der Waals surface area contributed by atoms with Gasteiger partial charge in [-0.05, 0) is 24.9 Å². The molecule has 3 heteroatoms. The summed E-state index contributed by atoms with van der Waals surface area (Å²) in [5, 5.41) is 1.04. The minimum atomic E-state index is -0.881. The third-order valence-corrected chi connectivity index (χ3v) is 3.10. The van der Waals surface area contributed by atoms with Gasteiger partial charge in [0.2, 0.25) is 0 Å². The van der Waals surface area contributed by atoms with Crippen molar-refractivity contribution >= 4 is 25.0 Å². The van der Waals surface area contributed by atoms with Gasteiger partial charge in [-0.25, -0.2) is 0 Å². The van der Waals surface area contributed by atoms with Gasteiger partial charge in [0.05, 0.1) is 6.10 Å². The zero-order valence-corrected chi connectivity index (χ0v) is 11.6. The van der Waals surface area contributed by atoms with Crippen LogP contribution < -0.4 is 0 Å². The van der Waals surface area contributed by atoms with Gasteiger partial charge in [0.15, 0.2) is 9.04 Å². The summed E-state index contributed by atoms with van der Waals surface area (Å²) in [7, 11) is -0.881. The molecule has 74 valence electrons. The molecule has 0 aromatic carbocycles. The van der Waals surface area contributed by atoms with Gasteiger partial charge >= 0.3 is 0 Å². The van der Waals surface area contributed by atoms with Crippen molar-refractivity contribution in [1.82, 2.24) is 0 Å². The van der Waals surface area contributed by atoms with Crippen molar-refractivity contribution in [3.63, 3.8) is 0 Å². The van der Waals surface area contributed by atoms with Crippen LogP contribution in [0.1, 0.15) is 27.2 Å². The topological polar surface area (TPSA) is 9.23 Å². The summed E-state index contributed by atoms with van der Waals surface area (Å²) in [5.41, 5.74) is 0.283. The molecule has 0 aromatic rings. The van der Waals surface area contributed by atoms with E-state index >= 15 is 0 Å². The summed E-state index contributed by atoms with van der Waals surface area (Å²) in [6.45, 7) is 11.2. The average molecular weight is 253 g/mol. The lowest BCUT2D eigenvalue weighted by Crippen LogP contribution is -2.33. The van der Waals surface area contributed by atoms with Crippen LogP contribution in [0.5, 0.6) is 0 Å². The lowest BCUT2D eigenvalue weighted by atomic mass is 9.88. The van der Waals surface area contributed by atoms with Crippen molar-refractivity contribution < 1.29 is 4.43 Å². The summed E-state index contributed by atoms with van der Waals surface area (Å²) >= 11 is 3.47. The standard InChI is InChI=1S/C9H21BrOSi/c1-9(2,3)8(6-7-10)11-12(4)5/h8,12H,6-7H2,1-5H3. The van der Waals surface area contributed by atoms with Crippen LogP contribution in [0, 0.1) is 5.41 Å². The molecule has 0 aliphatic carbocycles. The molecule has 0 heterocycles. The Bertz CT molecular complexity index is 120. The van der Waals surface area contributed by atoms with E-state index in [9.17, 15) is 0 Å². The molecule has 0 aromatic heterocycles. The van der Waals surface area contributed by atoms with E-state index in [2.05, 4.69) is 49.8 Å². The lowest BCUT2D eigenvalue weighted by molar-refractivity contribution is 0.0844. The van der Waals surface area contributed by atoms with E-state index in [1.54, 1.807) is 0 Å². The van der Waals surface area contributed by atoms with Crippen LogP contribution in [-0.2, 0) is 4.43 Å². The van der Waals surface area contributed by atoms with Gasteiger partial charge in [-0.2, -0.15) is 0 Å². The van der Waals surface area contributed by atoms with Gasteiger partial charge in [0.25, 0.3) is 0 Å². The first-order chi connectivity index (χ1) is 5.38. The fourth-order valence-electron chi connectivity index (χ4n) is 1.13. The Morgan fingerprint density at radius 2 is 1.83 bits per heavy atom. The predicted octanol–water partition coefficient (Wildman–Crippen LogP) is 3.19. The Labute approximate surface area is 86.7 Å². The number of rotatable bonds is 4. The zero-order valence-electron chi connectivity index (χ0n) is 8.86. The van der Waals surface area contributed by atoms with Crippen LogP contribution in [0.15, 0.2) is 0 Å². The molecule has 1 unspecified atom stereocenters. The van der Waals surface area contributed by atoms with E-state index in [0.29, 0.717) is 6.10 Å². The minimum Gasteiger partial charge on any atom is -0.417 e. The minimum absolute atomic E-state index is 0.283. The normalized spacial score (nSPS) is 15.2. The molecule has 0 fully saturated rings. The molecule has 0 N–H and O–H groups in total. The van der Waals surface area contributed by atoms with Gasteiger partial charge in [0.1, 0.15) is 0 Å². The third-order valence-electron chi connectivity index (χ3n) is 1.77. The van der Waals surface area contributed by atoms with Gasteiger partial charge in [0, 0.05) is 5.33 Å². The summed E-state index contributed by atoms with van der Waals surface area (Å²) in [4.78, 5) is 0. The zero-order chi connectivity index (χ0) is 9.78. The number of alkyl halides is 1. The van der Waals surface area contributed by atoms with Crippen LogP contribution in [0.25, 0.3) is 0 Å². The van der Waals surface area contributed by atoms with Crippen molar-refractivity contribution in [1.29, 1.82) is 0 Å². The molecule has 0 aliphatic rings. The highest BCUT2D eigenvalue weighted by molar-refractivity contribution is 9.09. The van der Waals surface area contributed by atoms with Crippen molar-refractivity contribution in [3.05, 3.63) is 0 Å². The molecular formula is C9H21BrOSi.